The van der Waals surface area contributed by atoms with Crippen molar-refractivity contribution in [2.24, 2.45) is 7.05 Å². The van der Waals surface area contributed by atoms with Gasteiger partial charge in [-0.25, -0.2) is 9.50 Å². The second kappa shape index (κ2) is 9.31. The number of anilines is 1. The minimum absolute atomic E-state index is 0.195. The number of aromatic nitrogens is 6. The standard InChI is InChI=1S/C30H27N9O/c1-36-19-24(18-34-36)22-14-25(28-23(15-31)17-35-39(28)20-22)21-5-6-27(33-16-21)37-10-12-38(13-11-37)29(40)30(7-8-30)26-4-2-3-9-32-26/h2-6,9,14,16-20H,7-8,10-13H2,1H3. The van der Waals surface area contributed by atoms with E-state index < -0.39 is 5.41 Å². The number of rotatable bonds is 5. The molecule has 1 aliphatic carbocycles. The second-order valence-corrected chi connectivity index (χ2v) is 10.5. The molecule has 0 bridgehead atoms. The van der Waals surface area contributed by atoms with Gasteiger partial charge in [-0.05, 0) is 43.2 Å². The first-order valence-electron chi connectivity index (χ1n) is 13.4. The van der Waals surface area contributed by atoms with Gasteiger partial charge < -0.3 is 9.80 Å². The Kier molecular flexibility index (Phi) is 5.59. The number of nitriles is 1. The molecule has 0 N–H and O–H groups in total. The topological polar surface area (TPSA) is 108 Å². The number of piperazine rings is 1. The quantitative estimate of drug-likeness (QED) is 0.343. The van der Waals surface area contributed by atoms with Crippen molar-refractivity contribution in [3.63, 3.8) is 0 Å². The highest BCUT2D eigenvalue weighted by Gasteiger charge is 2.54. The lowest BCUT2D eigenvalue weighted by Crippen LogP contribution is -2.51. The Morgan fingerprint density at radius 3 is 2.42 bits per heavy atom. The zero-order valence-electron chi connectivity index (χ0n) is 22.1. The molecule has 5 aromatic heterocycles. The van der Waals surface area contributed by atoms with Crippen LogP contribution in [-0.2, 0) is 17.3 Å². The molecule has 40 heavy (non-hydrogen) atoms. The number of pyridine rings is 3. The fourth-order valence-corrected chi connectivity index (χ4v) is 5.68. The minimum atomic E-state index is -0.436. The molecule has 7 rings (SSSR count). The summed E-state index contributed by atoms with van der Waals surface area (Å²) in [5, 5.41) is 18.4. The highest BCUT2D eigenvalue weighted by atomic mass is 16.2. The molecule has 1 saturated heterocycles. The normalized spacial score (nSPS) is 16.2. The van der Waals surface area contributed by atoms with Crippen LogP contribution in [0.5, 0.6) is 0 Å². The fraction of sp³-hybridized carbons (Fsp3) is 0.267. The van der Waals surface area contributed by atoms with E-state index in [0.29, 0.717) is 18.7 Å². The molecule has 10 nitrogen and oxygen atoms in total. The molecular weight excluding hydrogens is 502 g/mol. The van der Waals surface area contributed by atoms with Crippen LogP contribution in [0.25, 0.3) is 27.8 Å². The van der Waals surface area contributed by atoms with E-state index in [1.165, 1.54) is 0 Å². The van der Waals surface area contributed by atoms with Gasteiger partial charge in [-0.1, -0.05) is 6.07 Å². The Morgan fingerprint density at radius 1 is 0.925 bits per heavy atom. The van der Waals surface area contributed by atoms with Crippen molar-refractivity contribution >= 4 is 17.2 Å². The summed E-state index contributed by atoms with van der Waals surface area (Å²) in [4.78, 5) is 26.9. The molecule has 0 atom stereocenters. The average Bonchev–Trinajstić information content (AvgIpc) is 3.53. The van der Waals surface area contributed by atoms with Crippen molar-refractivity contribution in [2.75, 3.05) is 31.1 Å². The molecule has 0 aromatic carbocycles. The summed E-state index contributed by atoms with van der Waals surface area (Å²) >= 11 is 0. The van der Waals surface area contributed by atoms with Gasteiger partial charge >= 0.3 is 0 Å². The molecule has 6 heterocycles. The Bertz CT molecular complexity index is 1750. The van der Waals surface area contributed by atoms with Crippen LogP contribution in [0.4, 0.5) is 5.82 Å². The summed E-state index contributed by atoms with van der Waals surface area (Å²) in [6, 6.07) is 14.2. The van der Waals surface area contributed by atoms with Gasteiger partial charge in [0, 0.05) is 80.3 Å². The predicted octanol–water partition coefficient (Wildman–Crippen LogP) is 3.44. The van der Waals surface area contributed by atoms with Gasteiger partial charge in [0.15, 0.2) is 0 Å². The Hall–Kier alpha value is -5.04. The zero-order chi connectivity index (χ0) is 27.3. The van der Waals surface area contributed by atoms with Crippen LogP contribution in [-0.4, -0.2) is 66.3 Å². The number of carbonyl (C=O) groups is 1. The third-order valence-corrected chi connectivity index (χ3v) is 8.03. The van der Waals surface area contributed by atoms with Crippen molar-refractivity contribution in [3.8, 4) is 28.3 Å². The monoisotopic (exact) mass is 529 g/mol. The van der Waals surface area contributed by atoms with E-state index >= 15 is 0 Å². The van der Waals surface area contributed by atoms with E-state index in [4.69, 9.17) is 4.98 Å². The van der Waals surface area contributed by atoms with E-state index in [2.05, 4.69) is 32.2 Å². The molecule has 198 valence electrons. The SMILES string of the molecule is Cn1cc(-c2cc(-c3ccc(N4CCN(C(=O)C5(c6ccccn6)CC5)CC4)nc3)c3c(C#N)cnn3c2)cn1. The lowest BCUT2D eigenvalue weighted by molar-refractivity contribution is -0.134. The molecule has 5 aromatic rings. The van der Waals surface area contributed by atoms with Gasteiger partial charge in [0.2, 0.25) is 5.91 Å². The van der Waals surface area contributed by atoms with Crippen LogP contribution in [0.3, 0.4) is 0 Å². The van der Waals surface area contributed by atoms with Crippen LogP contribution >= 0.6 is 0 Å². The maximum atomic E-state index is 13.4. The van der Waals surface area contributed by atoms with Crippen LogP contribution in [0, 0.1) is 11.3 Å². The number of nitrogens with zero attached hydrogens (tertiary/aromatic N) is 9. The maximum absolute atomic E-state index is 13.4. The molecule has 2 aliphatic rings. The van der Waals surface area contributed by atoms with E-state index in [-0.39, 0.29) is 5.91 Å². The fourth-order valence-electron chi connectivity index (χ4n) is 5.68. The summed E-state index contributed by atoms with van der Waals surface area (Å²) < 4.78 is 3.51. The first-order chi connectivity index (χ1) is 19.6. The predicted molar refractivity (Wildman–Crippen MR) is 149 cm³/mol. The van der Waals surface area contributed by atoms with Crippen molar-refractivity contribution in [2.45, 2.75) is 18.3 Å². The van der Waals surface area contributed by atoms with Crippen LogP contribution in [0.15, 0.2) is 73.6 Å². The van der Waals surface area contributed by atoms with E-state index in [1.54, 1.807) is 21.6 Å². The summed E-state index contributed by atoms with van der Waals surface area (Å²) in [6.07, 6.45) is 12.6. The van der Waals surface area contributed by atoms with E-state index in [9.17, 15) is 10.1 Å². The van der Waals surface area contributed by atoms with E-state index in [0.717, 1.165) is 65.2 Å². The number of hydrogen-bond donors (Lipinski definition) is 0. The van der Waals surface area contributed by atoms with Gasteiger partial charge in [0.1, 0.15) is 11.9 Å². The largest absolute Gasteiger partial charge is 0.353 e. The van der Waals surface area contributed by atoms with Crippen LogP contribution in [0.1, 0.15) is 24.1 Å². The number of hydrogen-bond acceptors (Lipinski definition) is 7. The number of aryl methyl sites for hydroxylation is 1. The molecule has 0 radical (unpaired) electrons. The number of carbonyl (C=O) groups excluding carboxylic acids is 1. The highest BCUT2D eigenvalue weighted by Crippen LogP contribution is 2.48. The van der Waals surface area contributed by atoms with Gasteiger partial charge in [-0.3, -0.25) is 14.5 Å². The van der Waals surface area contributed by atoms with Gasteiger partial charge in [-0.15, -0.1) is 0 Å². The molecule has 2 fully saturated rings. The Morgan fingerprint density at radius 2 is 1.77 bits per heavy atom. The van der Waals surface area contributed by atoms with Gasteiger partial charge in [-0.2, -0.15) is 15.5 Å². The Balaban J connectivity index is 1.11. The first-order valence-corrected chi connectivity index (χ1v) is 13.4. The number of fused-ring (bicyclic) bond motifs is 1. The molecule has 1 amide bonds. The third-order valence-electron chi connectivity index (χ3n) is 8.03. The van der Waals surface area contributed by atoms with Crippen LogP contribution in [0.2, 0.25) is 0 Å². The van der Waals surface area contributed by atoms with Crippen LogP contribution < -0.4 is 4.90 Å². The van der Waals surface area contributed by atoms with Crippen molar-refractivity contribution in [1.29, 1.82) is 5.26 Å². The summed E-state index contributed by atoms with van der Waals surface area (Å²) in [6.45, 7) is 2.76. The summed E-state index contributed by atoms with van der Waals surface area (Å²) in [5.41, 5.74) is 5.41. The highest BCUT2D eigenvalue weighted by molar-refractivity contribution is 5.91. The Labute approximate surface area is 231 Å². The maximum Gasteiger partial charge on any atom is 0.234 e. The van der Waals surface area contributed by atoms with E-state index in [1.807, 2.05) is 67.1 Å². The molecular formula is C30H27N9O. The van der Waals surface area contributed by atoms with Crippen molar-refractivity contribution in [1.82, 2.24) is 34.3 Å². The lowest BCUT2D eigenvalue weighted by Gasteiger charge is -2.37. The zero-order valence-corrected chi connectivity index (χ0v) is 22.1. The molecule has 0 spiro atoms. The summed E-state index contributed by atoms with van der Waals surface area (Å²) in [5.74, 6) is 1.07. The smallest absolute Gasteiger partial charge is 0.234 e. The molecule has 1 aliphatic heterocycles. The molecule has 10 heteroatoms. The first kappa shape index (κ1) is 24.0. The average molecular weight is 530 g/mol. The summed E-state index contributed by atoms with van der Waals surface area (Å²) in [7, 11) is 1.88. The van der Waals surface area contributed by atoms with Crippen molar-refractivity contribution in [3.05, 3.63) is 84.8 Å². The molecule has 1 saturated carbocycles. The van der Waals surface area contributed by atoms with Crippen molar-refractivity contribution < 1.29 is 4.79 Å². The van der Waals surface area contributed by atoms with Gasteiger partial charge in [0.25, 0.3) is 0 Å². The molecule has 0 unspecified atom stereocenters. The number of amides is 1. The minimum Gasteiger partial charge on any atom is -0.353 e. The van der Waals surface area contributed by atoms with Gasteiger partial charge in [0.05, 0.1) is 34.6 Å². The second-order valence-electron chi connectivity index (χ2n) is 10.5. The third kappa shape index (κ3) is 3.98. The lowest BCUT2D eigenvalue weighted by atomic mass is 9.99.